The van der Waals surface area contributed by atoms with Crippen molar-refractivity contribution < 1.29 is 37.9 Å². The van der Waals surface area contributed by atoms with E-state index in [-0.39, 0.29) is 38.5 Å². The number of ether oxygens (including phenoxy) is 1. The average molecular weight is 924 g/mol. The number of phosphoric acid groups is 1. The molecule has 0 aliphatic heterocycles. The molecule has 368 valence electrons. The van der Waals surface area contributed by atoms with E-state index >= 15 is 0 Å². The Morgan fingerprint density at radius 1 is 0.508 bits per heavy atom. The Hall–Kier alpha value is -3.59. The Bertz CT molecular complexity index is 1470. The number of amides is 1. The second-order valence-electron chi connectivity index (χ2n) is 16.1. The van der Waals surface area contributed by atoms with E-state index in [9.17, 15) is 24.2 Å². The van der Waals surface area contributed by atoms with Gasteiger partial charge in [-0.3, -0.25) is 18.6 Å². The fourth-order valence-corrected chi connectivity index (χ4v) is 6.93. The minimum Gasteiger partial charge on any atom is -0.463 e. The molecule has 0 aromatic heterocycles. The molecule has 0 aliphatic carbocycles. The summed E-state index contributed by atoms with van der Waals surface area (Å²) in [5, 5.41) is 12.7. The van der Waals surface area contributed by atoms with Crippen molar-refractivity contribution in [2.24, 2.45) is 0 Å². The Morgan fingerprint density at radius 3 is 1.37 bits per heavy atom. The number of unbranched alkanes of at least 4 members (excludes halogenated alkanes) is 13. The van der Waals surface area contributed by atoms with Crippen LogP contribution in [0.5, 0.6) is 0 Å². The summed E-state index contributed by atoms with van der Waals surface area (Å²) in [6.45, 7) is 3.27. The van der Waals surface area contributed by atoms with Crippen molar-refractivity contribution in [3.05, 3.63) is 122 Å². The summed E-state index contributed by atoms with van der Waals surface area (Å²) in [6, 6.07) is 0. The molecule has 0 fully saturated rings. The summed E-state index contributed by atoms with van der Waals surface area (Å²) >= 11 is 0. The molecule has 0 saturated carbocycles. The molecule has 0 saturated heterocycles. The summed E-state index contributed by atoms with van der Waals surface area (Å²) in [7, 11) is -4.46. The van der Waals surface area contributed by atoms with Gasteiger partial charge in [0.1, 0.15) is 12.7 Å². The van der Waals surface area contributed by atoms with Gasteiger partial charge in [-0.2, -0.15) is 0 Å². The maximum absolute atomic E-state index is 12.1. The first-order valence-corrected chi connectivity index (χ1v) is 26.5. The van der Waals surface area contributed by atoms with Crippen LogP contribution in [0.15, 0.2) is 122 Å². The van der Waals surface area contributed by atoms with Crippen molar-refractivity contribution in [3.63, 3.8) is 0 Å². The molecule has 0 bridgehead atoms. The van der Waals surface area contributed by atoms with Gasteiger partial charge in [0.2, 0.25) is 5.91 Å². The van der Waals surface area contributed by atoms with Crippen molar-refractivity contribution >= 4 is 19.7 Å². The van der Waals surface area contributed by atoms with Crippen LogP contribution in [0, 0.1) is 0 Å². The predicted molar refractivity (Wildman–Crippen MR) is 274 cm³/mol. The van der Waals surface area contributed by atoms with Gasteiger partial charge in [0.25, 0.3) is 0 Å². The van der Waals surface area contributed by atoms with E-state index in [0.717, 1.165) is 83.5 Å². The van der Waals surface area contributed by atoms with Gasteiger partial charge in [0, 0.05) is 19.4 Å². The highest BCUT2D eigenvalue weighted by Gasteiger charge is 2.23. The molecule has 1 amide bonds. The van der Waals surface area contributed by atoms with Gasteiger partial charge < -0.3 is 20.1 Å². The zero-order valence-electron chi connectivity index (χ0n) is 40.6. The van der Waals surface area contributed by atoms with Crippen molar-refractivity contribution in [2.75, 3.05) is 26.4 Å². The fraction of sp³-hybridized carbons (Fsp3) is 0.600. The molecule has 0 spiro atoms. The van der Waals surface area contributed by atoms with E-state index < -0.39 is 26.5 Å². The van der Waals surface area contributed by atoms with E-state index in [1.165, 1.54) is 64.2 Å². The van der Waals surface area contributed by atoms with Gasteiger partial charge in [-0.1, -0.05) is 200 Å². The zero-order chi connectivity index (χ0) is 47.4. The maximum atomic E-state index is 12.1. The van der Waals surface area contributed by atoms with Crippen LogP contribution in [-0.2, 0) is 27.9 Å². The van der Waals surface area contributed by atoms with E-state index in [0.29, 0.717) is 6.42 Å². The molecule has 0 radical (unpaired) electrons. The van der Waals surface area contributed by atoms with E-state index in [1.54, 1.807) is 6.08 Å². The third kappa shape index (κ3) is 51.3. The highest BCUT2D eigenvalue weighted by atomic mass is 31.2. The monoisotopic (exact) mass is 924 g/mol. The average Bonchev–Trinajstić information content (AvgIpc) is 3.29. The Balaban J connectivity index is 3.71. The normalized spacial score (nSPS) is 14.2. The second-order valence-corrected chi connectivity index (χ2v) is 17.5. The molecule has 0 aliphatic rings. The van der Waals surface area contributed by atoms with Crippen LogP contribution >= 0.6 is 7.82 Å². The summed E-state index contributed by atoms with van der Waals surface area (Å²) in [5.41, 5.74) is 0. The van der Waals surface area contributed by atoms with Crippen LogP contribution in [-0.4, -0.2) is 54.3 Å². The minimum absolute atomic E-state index is 0.0169. The maximum Gasteiger partial charge on any atom is 0.472 e. The van der Waals surface area contributed by atoms with E-state index in [2.05, 4.69) is 122 Å². The molecule has 0 rings (SSSR count). The number of phosphoric ester groups is 1. The van der Waals surface area contributed by atoms with Crippen molar-refractivity contribution in [1.29, 1.82) is 0 Å². The summed E-state index contributed by atoms with van der Waals surface area (Å²) < 4.78 is 26.9. The number of hydrogen-bond acceptors (Lipinski definition) is 7. The molecule has 0 aromatic carbocycles. The number of aliphatic hydroxyl groups is 1. The standard InChI is InChI=1S/C55H90NO8P/c1-3-5-7-9-11-13-15-17-19-21-23-25-26-28-30-32-34-36-38-40-42-44-46-48-55(59)62-51-53(57)52-64-65(60,61)63-50-49-56-54(58)47-45-43-41-39-37-35-33-31-29-27-24-22-20-18-16-14-12-10-8-6-4-2/h6,8,11-14,17-20,23-25,27,31,33,37,39,43,45,53,57H,3-5,7,9-10,15-16,21-22,26,28-30,32,34-36,38,40-42,44,46-52H2,1-2H3,(H,56,58)(H,60,61)/b8-6-,13-11-,14-12-,19-17-,20-18-,25-23-,27-24-,33-31-,39-37-,45-43-. The van der Waals surface area contributed by atoms with E-state index in [4.69, 9.17) is 13.8 Å². The fourth-order valence-electron chi connectivity index (χ4n) is 6.17. The Morgan fingerprint density at radius 2 is 0.908 bits per heavy atom. The molecule has 3 N–H and O–H groups in total. The predicted octanol–water partition coefficient (Wildman–Crippen LogP) is 14.9. The van der Waals surface area contributed by atoms with Crippen molar-refractivity contribution in [2.45, 2.75) is 187 Å². The third-order valence-corrected chi connectivity index (χ3v) is 10.9. The minimum atomic E-state index is -4.46. The lowest BCUT2D eigenvalue weighted by atomic mass is 10.1. The lowest BCUT2D eigenvalue weighted by molar-refractivity contribution is -0.147. The smallest absolute Gasteiger partial charge is 0.463 e. The van der Waals surface area contributed by atoms with Gasteiger partial charge in [-0.15, -0.1) is 0 Å². The number of aliphatic hydroxyl groups excluding tert-OH is 1. The van der Waals surface area contributed by atoms with Gasteiger partial charge in [-0.25, -0.2) is 4.57 Å². The molecule has 0 heterocycles. The second kappa shape index (κ2) is 49.8. The highest BCUT2D eigenvalue weighted by molar-refractivity contribution is 7.47. The first-order chi connectivity index (χ1) is 31.8. The van der Waals surface area contributed by atoms with Crippen LogP contribution in [0.25, 0.3) is 0 Å². The van der Waals surface area contributed by atoms with Gasteiger partial charge in [0.15, 0.2) is 0 Å². The van der Waals surface area contributed by atoms with Crippen molar-refractivity contribution in [1.82, 2.24) is 5.32 Å². The van der Waals surface area contributed by atoms with E-state index in [1.807, 2.05) is 12.2 Å². The summed E-state index contributed by atoms with van der Waals surface area (Å²) in [5.74, 6) is -0.663. The highest BCUT2D eigenvalue weighted by Crippen LogP contribution is 2.42. The molecule has 65 heavy (non-hydrogen) atoms. The topological polar surface area (TPSA) is 131 Å². The molecule has 2 atom stereocenters. The number of nitrogens with one attached hydrogen (secondary N) is 1. The van der Waals surface area contributed by atoms with Crippen LogP contribution in [0.2, 0.25) is 0 Å². The van der Waals surface area contributed by atoms with Crippen LogP contribution in [0.3, 0.4) is 0 Å². The largest absolute Gasteiger partial charge is 0.472 e. The number of rotatable bonds is 45. The molecule has 9 nitrogen and oxygen atoms in total. The van der Waals surface area contributed by atoms with Crippen LogP contribution in [0.4, 0.5) is 0 Å². The molecule has 10 heteroatoms. The number of hydrogen-bond donors (Lipinski definition) is 3. The van der Waals surface area contributed by atoms with Gasteiger partial charge in [0.05, 0.1) is 13.2 Å². The lowest BCUT2D eigenvalue weighted by Gasteiger charge is -2.15. The number of allylic oxidation sites excluding steroid dienone is 19. The molecular weight excluding hydrogens is 834 g/mol. The number of esters is 1. The van der Waals surface area contributed by atoms with Gasteiger partial charge >= 0.3 is 13.8 Å². The van der Waals surface area contributed by atoms with Gasteiger partial charge in [-0.05, 0) is 89.9 Å². The molecule has 0 aromatic rings. The summed E-state index contributed by atoms with van der Waals surface area (Å²) in [4.78, 5) is 34.0. The van der Waals surface area contributed by atoms with Crippen molar-refractivity contribution in [3.8, 4) is 0 Å². The van der Waals surface area contributed by atoms with Crippen LogP contribution in [0.1, 0.15) is 181 Å². The number of carbonyl (C=O) groups excluding carboxylic acids is 2. The first-order valence-electron chi connectivity index (χ1n) is 25.0. The molecule has 2 unspecified atom stereocenters. The quantitative estimate of drug-likeness (QED) is 0.0238. The SMILES string of the molecule is CC/C=C\C/C=C\C/C=C\C/C=C\C/C=C\C/C=C\C/C=C\CC(=O)NCCOP(=O)(O)OCC(O)COC(=O)CCCCCCCCCCCC/C=C\C/C=C\C/C=C\CCCCC. The Labute approximate surface area is 396 Å². The third-order valence-electron chi connectivity index (χ3n) is 9.90. The zero-order valence-corrected chi connectivity index (χ0v) is 41.5. The summed E-state index contributed by atoms with van der Waals surface area (Å²) in [6.07, 6.45) is 68.7. The lowest BCUT2D eigenvalue weighted by Crippen LogP contribution is -2.26. The number of carbonyl (C=O) groups is 2. The molecular formula is C55H90NO8P. The Kier molecular flexibility index (Phi) is 47.1. The first kappa shape index (κ1) is 61.4. The van der Waals surface area contributed by atoms with Crippen LogP contribution < -0.4 is 5.32 Å².